The number of nitrogens with zero attached hydrogens (tertiary/aromatic N) is 5. The van der Waals surface area contributed by atoms with Crippen LogP contribution in [-0.4, -0.2) is 73.7 Å². The number of hydrogen-bond donors (Lipinski definition) is 1. The third-order valence-corrected chi connectivity index (χ3v) is 5.94. The van der Waals surface area contributed by atoms with E-state index in [1.807, 2.05) is 17.2 Å². The van der Waals surface area contributed by atoms with Gasteiger partial charge in [-0.3, -0.25) is 4.79 Å². The zero-order valence-corrected chi connectivity index (χ0v) is 15.3. The van der Waals surface area contributed by atoms with E-state index in [0.29, 0.717) is 38.4 Å². The van der Waals surface area contributed by atoms with Crippen LogP contribution in [-0.2, 0) is 4.79 Å². The molecular formula is C19H27N5O2. The minimum atomic E-state index is -0.659. The van der Waals surface area contributed by atoms with Crippen LogP contribution in [0.15, 0.2) is 24.5 Å². The van der Waals surface area contributed by atoms with Crippen LogP contribution in [0.4, 0.5) is 0 Å². The SMILES string of the molecule is CC(=O)N1CCC(O)(CN2CCC(c3ccn4nccc4n3)CC2)CC1. The molecule has 2 aliphatic rings. The van der Waals surface area contributed by atoms with Gasteiger partial charge in [0, 0.05) is 50.4 Å². The molecule has 7 nitrogen and oxygen atoms in total. The average Bonchev–Trinajstić information content (AvgIpc) is 3.10. The van der Waals surface area contributed by atoms with Gasteiger partial charge in [0.2, 0.25) is 5.91 Å². The van der Waals surface area contributed by atoms with Crippen molar-refractivity contribution in [3.05, 3.63) is 30.2 Å². The van der Waals surface area contributed by atoms with Gasteiger partial charge in [0.1, 0.15) is 0 Å². The summed E-state index contributed by atoms with van der Waals surface area (Å²) in [6.07, 6.45) is 7.22. The van der Waals surface area contributed by atoms with Crippen LogP contribution in [0.2, 0.25) is 0 Å². The monoisotopic (exact) mass is 357 g/mol. The van der Waals surface area contributed by atoms with Gasteiger partial charge in [0.25, 0.3) is 0 Å². The van der Waals surface area contributed by atoms with Crippen molar-refractivity contribution in [3.8, 4) is 0 Å². The van der Waals surface area contributed by atoms with Gasteiger partial charge in [-0.1, -0.05) is 0 Å². The Morgan fingerprint density at radius 2 is 1.96 bits per heavy atom. The molecule has 0 atom stereocenters. The number of aromatic nitrogens is 3. The number of rotatable bonds is 3. The summed E-state index contributed by atoms with van der Waals surface area (Å²) >= 11 is 0. The number of carbonyl (C=O) groups is 1. The van der Waals surface area contributed by atoms with Crippen molar-refractivity contribution in [3.63, 3.8) is 0 Å². The molecule has 2 aromatic rings. The molecule has 140 valence electrons. The minimum Gasteiger partial charge on any atom is -0.388 e. The van der Waals surface area contributed by atoms with E-state index in [1.165, 1.54) is 0 Å². The fraction of sp³-hybridized carbons (Fsp3) is 0.632. The molecule has 0 bridgehead atoms. The second kappa shape index (κ2) is 6.96. The second-order valence-corrected chi connectivity index (χ2v) is 7.77. The Kier molecular flexibility index (Phi) is 4.67. The molecule has 7 heteroatoms. The number of amides is 1. The van der Waals surface area contributed by atoms with E-state index in [0.717, 1.165) is 37.3 Å². The number of piperidine rings is 2. The van der Waals surface area contributed by atoms with Crippen molar-refractivity contribution < 1.29 is 9.90 Å². The topological polar surface area (TPSA) is 74.0 Å². The Hall–Kier alpha value is -1.99. The van der Waals surface area contributed by atoms with Crippen LogP contribution in [0.5, 0.6) is 0 Å². The first-order valence-corrected chi connectivity index (χ1v) is 9.53. The summed E-state index contributed by atoms with van der Waals surface area (Å²) in [6, 6.07) is 4.01. The number of fused-ring (bicyclic) bond motifs is 1. The number of likely N-dealkylation sites (tertiary alicyclic amines) is 2. The van der Waals surface area contributed by atoms with Crippen LogP contribution in [0.25, 0.3) is 5.65 Å². The molecule has 1 N–H and O–H groups in total. The Morgan fingerprint density at radius 1 is 1.23 bits per heavy atom. The van der Waals surface area contributed by atoms with Crippen LogP contribution < -0.4 is 0 Å². The molecular weight excluding hydrogens is 330 g/mol. The lowest BCUT2D eigenvalue weighted by molar-refractivity contribution is -0.133. The molecule has 1 amide bonds. The summed E-state index contributed by atoms with van der Waals surface area (Å²) < 4.78 is 1.79. The van der Waals surface area contributed by atoms with Gasteiger partial charge >= 0.3 is 0 Å². The van der Waals surface area contributed by atoms with E-state index in [-0.39, 0.29) is 5.91 Å². The molecule has 0 unspecified atom stereocenters. The average molecular weight is 357 g/mol. The summed E-state index contributed by atoms with van der Waals surface area (Å²) in [5.41, 5.74) is 1.38. The first kappa shape index (κ1) is 17.4. The van der Waals surface area contributed by atoms with E-state index in [9.17, 15) is 9.90 Å². The van der Waals surface area contributed by atoms with Crippen LogP contribution in [0.1, 0.15) is 44.2 Å². The van der Waals surface area contributed by atoms with Crippen LogP contribution >= 0.6 is 0 Å². The molecule has 2 aliphatic heterocycles. The number of β-amino-alcohol motifs (C(OH)–C–C–N with tert-alkyl or cyclic N) is 1. The Balaban J connectivity index is 1.31. The molecule has 4 rings (SSSR count). The van der Waals surface area contributed by atoms with Gasteiger partial charge in [-0.2, -0.15) is 5.10 Å². The number of aliphatic hydroxyl groups is 1. The van der Waals surface area contributed by atoms with Gasteiger partial charge in [0.15, 0.2) is 5.65 Å². The lowest BCUT2D eigenvalue weighted by atomic mass is 9.88. The largest absolute Gasteiger partial charge is 0.388 e. The quantitative estimate of drug-likeness (QED) is 0.896. The van der Waals surface area contributed by atoms with E-state index >= 15 is 0 Å². The molecule has 0 aliphatic carbocycles. The Labute approximate surface area is 153 Å². The Morgan fingerprint density at radius 3 is 2.65 bits per heavy atom. The first-order chi connectivity index (χ1) is 12.5. The summed E-state index contributed by atoms with van der Waals surface area (Å²) in [5.74, 6) is 0.580. The Bertz CT molecular complexity index is 773. The highest BCUT2D eigenvalue weighted by Crippen LogP contribution is 2.30. The molecule has 2 aromatic heterocycles. The van der Waals surface area contributed by atoms with Crippen molar-refractivity contribution >= 4 is 11.6 Å². The van der Waals surface area contributed by atoms with Crippen molar-refractivity contribution in [2.45, 2.75) is 44.1 Å². The van der Waals surface area contributed by atoms with Crippen molar-refractivity contribution in [2.24, 2.45) is 0 Å². The molecule has 0 aromatic carbocycles. The van der Waals surface area contributed by atoms with Gasteiger partial charge in [0.05, 0.1) is 11.8 Å². The smallest absolute Gasteiger partial charge is 0.219 e. The fourth-order valence-electron chi connectivity index (χ4n) is 4.25. The highest BCUT2D eigenvalue weighted by atomic mass is 16.3. The number of carbonyl (C=O) groups excluding carboxylic acids is 1. The van der Waals surface area contributed by atoms with Gasteiger partial charge in [-0.15, -0.1) is 0 Å². The maximum Gasteiger partial charge on any atom is 0.219 e. The third kappa shape index (κ3) is 3.59. The molecule has 0 radical (unpaired) electrons. The standard InChI is InChI=1S/C19H27N5O2/c1-15(25)23-12-6-19(26,7-13-23)14-22-9-3-16(4-10-22)17-5-11-24-18(21-17)2-8-20-24/h2,5,8,11,16,26H,3-4,6-7,9-10,12-14H2,1H3. The molecule has 4 heterocycles. The van der Waals surface area contributed by atoms with Crippen molar-refractivity contribution in [1.29, 1.82) is 0 Å². The molecule has 26 heavy (non-hydrogen) atoms. The fourth-order valence-corrected chi connectivity index (χ4v) is 4.25. The minimum absolute atomic E-state index is 0.107. The zero-order valence-electron chi connectivity index (χ0n) is 15.3. The maximum absolute atomic E-state index is 11.5. The summed E-state index contributed by atoms with van der Waals surface area (Å²) in [4.78, 5) is 20.4. The van der Waals surface area contributed by atoms with E-state index in [4.69, 9.17) is 4.98 Å². The maximum atomic E-state index is 11.5. The van der Waals surface area contributed by atoms with Gasteiger partial charge in [-0.05, 0) is 44.8 Å². The lowest BCUT2D eigenvalue weighted by Gasteiger charge is -2.42. The molecule has 0 saturated carbocycles. The summed E-state index contributed by atoms with van der Waals surface area (Å²) in [7, 11) is 0. The predicted octanol–water partition coefficient (Wildman–Crippen LogP) is 1.28. The van der Waals surface area contributed by atoms with Crippen LogP contribution in [0, 0.1) is 0 Å². The second-order valence-electron chi connectivity index (χ2n) is 7.77. The molecule has 0 spiro atoms. The predicted molar refractivity (Wildman–Crippen MR) is 97.8 cm³/mol. The molecule has 2 fully saturated rings. The van der Waals surface area contributed by atoms with Crippen molar-refractivity contribution in [2.75, 3.05) is 32.7 Å². The van der Waals surface area contributed by atoms with Crippen molar-refractivity contribution in [1.82, 2.24) is 24.4 Å². The van der Waals surface area contributed by atoms with E-state index in [2.05, 4.69) is 16.1 Å². The van der Waals surface area contributed by atoms with Gasteiger partial charge < -0.3 is 14.9 Å². The highest BCUT2D eigenvalue weighted by Gasteiger charge is 2.35. The first-order valence-electron chi connectivity index (χ1n) is 9.53. The summed E-state index contributed by atoms with van der Waals surface area (Å²) in [6.45, 7) is 5.60. The van der Waals surface area contributed by atoms with Crippen LogP contribution in [0.3, 0.4) is 0 Å². The zero-order chi connectivity index (χ0) is 18.1. The van der Waals surface area contributed by atoms with E-state index in [1.54, 1.807) is 17.6 Å². The van der Waals surface area contributed by atoms with E-state index < -0.39 is 5.60 Å². The highest BCUT2D eigenvalue weighted by molar-refractivity contribution is 5.73. The summed E-state index contributed by atoms with van der Waals surface area (Å²) in [5, 5.41) is 15.1. The number of hydrogen-bond acceptors (Lipinski definition) is 5. The van der Waals surface area contributed by atoms with Gasteiger partial charge in [-0.25, -0.2) is 9.50 Å². The third-order valence-electron chi connectivity index (χ3n) is 5.94. The molecule has 2 saturated heterocycles. The normalized spacial score (nSPS) is 22.0. The lowest BCUT2D eigenvalue weighted by Crippen LogP contribution is -2.52.